The van der Waals surface area contributed by atoms with Crippen molar-refractivity contribution in [2.45, 2.75) is 38.1 Å². The van der Waals surface area contributed by atoms with Crippen LogP contribution in [0, 0.1) is 23.1 Å². The van der Waals surface area contributed by atoms with Crippen LogP contribution in [0.2, 0.25) is 0 Å². The van der Waals surface area contributed by atoms with Gasteiger partial charge in [0.15, 0.2) is 11.6 Å². The molecule has 0 aromatic heterocycles. The van der Waals surface area contributed by atoms with Crippen LogP contribution in [0.4, 0.5) is 4.39 Å². The van der Waals surface area contributed by atoms with Crippen molar-refractivity contribution in [2.24, 2.45) is 11.7 Å². The van der Waals surface area contributed by atoms with Crippen molar-refractivity contribution in [3.8, 4) is 11.8 Å². The van der Waals surface area contributed by atoms with E-state index in [1.54, 1.807) is 0 Å². The smallest absolute Gasteiger partial charge is 0.165 e. The van der Waals surface area contributed by atoms with Crippen LogP contribution in [-0.2, 0) is 0 Å². The van der Waals surface area contributed by atoms with E-state index >= 15 is 0 Å². The maximum atomic E-state index is 13.4. The second-order valence-electron chi connectivity index (χ2n) is 4.89. The van der Waals surface area contributed by atoms with Gasteiger partial charge in [0.1, 0.15) is 0 Å². The Morgan fingerprint density at radius 2 is 1.95 bits per heavy atom. The van der Waals surface area contributed by atoms with Gasteiger partial charge in [0.2, 0.25) is 0 Å². The van der Waals surface area contributed by atoms with Gasteiger partial charge in [-0.05, 0) is 30.9 Å². The van der Waals surface area contributed by atoms with Crippen molar-refractivity contribution in [3.63, 3.8) is 0 Å². The highest BCUT2D eigenvalue weighted by molar-refractivity contribution is 5.85. The molecule has 0 spiro atoms. The van der Waals surface area contributed by atoms with Crippen molar-refractivity contribution in [3.05, 3.63) is 29.1 Å². The maximum Gasteiger partial charge on any atom is 0.165 e. The molecule has 1 atom stereocenters. The average Bonchev–Trinajstić information content (AvgIpc) is 2.42. The summed E-state index contributed by atoms with van der Waals surface area (Å²) in [6.45, 7) is 0. The van der Waals surface area contributed by atoms with Gasteiger partial charge in [-0.15, -0.1) is 12.4 Å². The molecule has 1 fully saturated rings. The Bertz CT molecular complexity index is 481. The lowest BCUT2D eigenvalue weighted by molar-refractivity contribution is 0.300. The molecular formula is C14H18ClFN2O. The molecule has 2 rings (SSSR count). The third-order valence-electron chi connectivity index (χ3n) is 3.78. The van der Waals surface area contributed by atoms with E-state index in [0.717, 1.165) is 31.7 Å². The van der Waals surface area contributed by atoms with E-state index in [2.05, 4.69) is 0 Å². The predicted octanol–water partition coefficient (Wildman–Crippen LogP) is 3.40. The summed E-state index contributed by atoms with van der Waals surface area (Å²) in [6, 6.07) is 4.00. The number of benzene rings is 1. The molecule has 3 nitrogen and oxygen atoms in total. The normalized spacial score (nSPS) is 17.3. The average molecular weight is 285 g/mol. The molecule has 0 saturated heterocycles. The number of nitriles is 1. The minimum atomic E-state index is -0.713. The fourth-order valence-corrected chi connectivity index (χ4v) is 2.75. The van der Waals surface area contributed by atoms with Crippen LogP contribution in [0.5, 0.6) is 5.75 Å². The molecular weight excluding hydrogens is 267 g/mol. The standard InChI is InChI=1S/C14H17FN2O.ClH/c15-11-7-6-10(8-16)12(14(11)18)13(17)9-4-2-1-3-5-9;/h6-7,9,13,18H,1-5,17H2;1H/t13-;/m0./s1. The molecule has 1 saturated carbocycles. The Kier molecular flexibility index (Phi) is 5.59. The van der Waals surface area contributed by atoms with Crippen molar-refractivity contribution >= 4 is 12.4 Å². The molecule has 0 amide bonds. The van der Waals surface area contributed by atoms with Gasteiger partial charge in [-0.3, -0.25) is 0 Å². The lowest BCUT2D eigenvalue weighted by Crippen LogP contribution is -2.24. The van der Waals surface area contributed by atoms with Crippen molar-refractivity contribution < 1.29 is 9.50 Å². The van der Waals surface area contributed by atoms with E-state index in [-0.39, 0.29) is 29.5 Å². The molecule has 1 aliphatic rings. The minimum Gasteiger partial charge on any atom is -0.505 e. The maximum absolute atomic E-state index is 13.4. The van der Waals surface area contributed by atoms with Crippen LogP contribution in [0.25, 0.3) is 0 Å². The first-order chi connectivity index (χ1) is 8.65. The van der Waals surface area contributed by atoms with Gasteiger partial charge in [0.25, 0.3) is 0 Å². The zero-order valence-electron chi connectivity index (χ0n) is 10.6. The fraction of sp³-hybridized carbons (Fsp3) is 0.500. The van der Waals surface area contributed by atoms with Crippen LogP contribution in [0.1, 0.15) is 49.3 Å². The molecule has 1 aromatic rings. The number of halogens is 2. The highest BCUT2D eigenvalue weighted by Crippen LogP contribution is 2.38. The summed E-state index contributed by atoms with van der Waals surface area (Å²) >= 11 is 0. The number of hydrogen-bond donors (Lipinski definition) is 2. The summed E-state index contributed by atoms with van der Waals surface area (Å²) in [7, 11) is 0. The van der Waals surface area contributed by atoms with Gasteiger partial charge in [-0.1, -0.05) is 19.3 Å². The van der Waals surface area contributed by atoms with Crippen molar-refractivity contribution in [1.29, 1.82) is 5.26 Å². The van der Waals surface area contributed by atoms with E-state index in [0.29, 0.717) is 0 Å². The van der Waals surface area contributed by atoms with E-state index in [1.807, 2.05) is 6.07 Å². The van der Waals surface area contributed by atoms with E-state index in [1.165, 1.54) is 12.5 Å². The Balaban J connectivity index is 0.00000180. The number of nitrogens with zero attached hydrogens (tertiary/aromatic N) is 1. The molecule has 0 unspecified atom stereocenters. The molecule has 0 heterocycles. The topological polar surface area (TPSA) is 70.0 Å². The summed E-state index contributed by atoms with van der Waals surface area (Å²) in [5, 5.41) is 18.8. The number of nitrogens with two attached hydrogens (primary N) is 1. The van der Waals surface area contributed by atoms with Gasteiger partial charge in [-0.2, -0.15) is 5.26 Å². The first-order valence-corrected chi connectivity index (χ1v) is 6.32. The number of phenolic OH excluding ortho intramolecular Hbond substituents is 1. The van der Waals surface area contributed by atoms with E-state index < -0.39 is 17.6 Å². The lowest BCUT2D eigenvalue weighted by atomic mass is 9.80. The number of aromatic hydroxyl groups is 1. The molecule has 0 radical (unpaired) electrons. The zero-order chi connectivity index (χ0) is 13.1. The fourth-order valence-electron chi connectivity index (χ4n) is 2.75. The van der Waals surface area contributed by atoms with Crippen molar-refractivity contribution in [1.82, 2.24) is 0 Å². The van der Waals surface area contributed by atoms with Crippen LogP contribution < -0.4 is 5.73 Å². The summed E-state index contributed by atoms with van der Waals surface area (Å²) in [5.74, 6) is -0.957. The zero-order valence-corrected chi connectivity index (χ0v) is 11.4. The van der Waals surface area contributed by atoms with Gasteiger partial charge < -0.3 is 10.8 Å². The molecule has 3 N–H and O–H groups in total. The highest BCUT2D eigenvalue weighted by atomic mass is 35.5. The Morgan fingerprint density at radius 3 is 2.53 bits per heavy atom. The second kappa shape index (κ2) is 6.74. The van der Waals surface area contributed by atoms with Crippen molar-refractivity contribution in [2.75, 3.05) is 0 Å². The molecule has 0 bridgehead atoms. The number of phenols is 1. The molecule has 1 aromatic carbocycles. The predicted molar refractivity (Wildman–Crippen MR) is 73.5 cm³/mol. The molecule has 1 aliphatic carbocycles. The van der Waals surface area contributed by atoms with Gasteiger partial charge in [0, 0.05) is 11.6 Å². The Morgan fingerprint density at radius 1 is 1.32 bits per heavy atom. The number of hydrogen-bond acceptors (Lipinski definition) is 3. The Hall–Kier alpha value is -1.31. The summed E-state index contributed by atoms with van der Waals surface area (Å²) in [5.41, 5.74) is 6.68. The third-order valence-corrected chi connectivity index (χ3v) is 3.78. The second-order valence-corrected chi connectivity index (χ2v) is 4.89. The number of rotatable bonds is 2. The van der Waals surface area contributed by atoms with Crippen LogP contribution in [0.15, 0.2) is 12.1 Å². The summed E-state index contributed by atoms with van der Waals surface area (Å²) in [6.07, 6.45) is 5.36. The van der Waals surface area contributed by atoms with Gasteiger partial charge in [-0.25, -0.2) is 4.39 Å². The van der Waals surface area contributed by atoms with Crippen LogP contribution in [-0.4, -0.2) is 5.11 Å². The highest BCUT2D eigenvalue weighted by Gasteiger charge is 2.27. The monoisotopic (exact) mass is 284 g/mol. The van der Waals surface area contributed by atoms with E-state index in [9.17, 15) is 9.50 Å². The largest absolute Gasteiger partial charge is 0.505 e. The van der Waals surface area contributed by atoms with Crippen LogP contribution in [0.3, 0.4) is 0 Å². The summed E-state index contributed by atoms with van der Waals surface area (Å²) < 4.78 is 13.4. The van der Waals surface area contributed by atoms with Crippen LogP contribution >= 0.6 is 12.4 Å². The molecule has 19 heavy (non-hydrogen) atoms. The molecule has 104 valence electrons. The summed E-state index contributed by atoms with van der Waals surface area (Å²) in [4.78, 5) is 0. The van der Waals surface area contributed by atoms with Gasteiger partial charge >= 0.3 is 0 Å². The SMILES string of the molecule is Cl.N#Cc1ccc(F)c(O)c1[C@@H](N)C1CCCCC1. The first kappa shape index (κ1) is 15.7. The minimum absolute atomic E-state index is 0. The van der Waals surface area contributed by atoms with Gasteiger partial charge in [0.05, 0.1) is 11.6 Å². The molecule has 0 aliphatic heterocycles. The Labute approximate surface area is 118 Å². The quantitative estimate of drug-likeness (QED) is 0.874. The third kappa shape index (κ3) is 3.17. The first-order valence-electron chi connectivity index (χ1n) is 6.32. The lowest BCUT2D eigenvalue weighted by Gasteiger charge is -2.28. The van der Waals surface area contributed by atoms with E-state index in [4.69, 9.17) is 11.0 Å². The molecule has 5 heteroatoms.